The summed E-state index contributed by atoms with van der Waals surface area (Å²) in [6.45, 7) is 4.75. The third kappa shape index (κ3) is 3.18. The van der Waals surface area contributed by atoms with E-state index >= 15 is 0 Å². The quantitative estimate of drug-likeness (QED) is 0.843. The highest BCUT2D eigenvalue weighted by Crippen LogP contribution is 2.50. The molecule has 0 amide bonds. The minimum atomic E-state index is -0.843. The highest BCUT2D eigenvalue weighted by atomic mass is 79.9. The molecular formula is C19H20BrNO3. The van der Waals surface area contributed by atoms with Crippen molar-refractivity contribution in [1.82, 2.24) is 4.98 Å². The van der Waals surface area contributed by atoms with Gasteiger partial charge in [0, 0.05) is 21.6 Å². The second kappa shape index (κ2) is 6.20. The maximum absolute atomic E-state index is 11.8. The van der Waals surface area contributed by atoms with E-state index in [1.165, 1.54) is 0 Å². The fraction of sp³-hybridized carbons (Fsp3) is 0.368. The molecule has 3 rings (SSSR count). The SMILES string of the molecule is CC1(C)COc2ccc(Br)cc2C(CC(=O)O)(c2ccccn2)C1. The second-order valence-electron chi connectivity index (χ2n) is 7.14. The van der Waals surface area contributed by atoms with Crippen molar-refractivity contribution < 1.29 is 14.6 Å². The predicted octanol–water partition coefficient (Wildman–Crippen LogP) is 4.41. The number of pyridine rings is 1. The summed E-state index contributed by atoms with van der Waals surface area (Å²) < 4.78 is 6.93. The average molecular weight is 390 g/mol. The molecular weight excluding hydrogens is 370 g/mol. The Hall–Kier alpha value is -1.88. The third-order valence-corrected chi connectivity index (χ3v) is 4.96. The number of ether oxygens (including phenoxy) is 1. The van der Waals surface area contributed by atoms with Gasteiger partial charge in [0.15, 0.2) is 0 Å². The summed E-state index contributed by atoms with van der Waals surface area (Å²) in [6.07, 6.45) is 2.34. The first-order valence-electron chi connectivity index (χ1n) is 7.89. The number of carboxylic acids is 1. The monoisotopic (exact) mass is 389 g/mol. The highest BCUT2D eigenvalue weighted by molar-refractivity contribution is 9.10. The molecule has 126 valence electrons. The number of rotatable bonds is 3. The Labute approximate surface area is 150 Å². The number of fused-ring (bicyclic) bond motifs is 1. The van der Waals surface area contributed by atoms with E-state index in [4.69, 9.17) is 4.74 Å². The van der Waals surface area contributed by atoms with Crippen molar-refractivity contribution in [2.24, 2.45) is 5.41 Å². The maximum Gasteiger partial charge on any atom is 0.304 e. The molecule has 4 nitrogen and oxygen atoms in total. The van der Waals surface area contributed by atoms with Gasteiger partial charge >= 0.3 is 5.97 Å². The molecule has 1 N–H and O–H groups in total. The van der Waals surface area contributed by atoms with Crippen LogP contribution in [-0.4, -0.2) is 22.7 Å². The van der Waals surface area contributed by atoms with Crippen molar-refractivity contribution in [3.8, 4) is 5.75 Å². The first kappa shape index (κ1) is 17.0. The molecule has 2 heterocycles. The van der Waals surface area contributed by atoms with E-state index in [0.717, 1.165) is 21.5 Å². The van der Waals surface area contributed by atoms with E-state index < -0.39 is 11.4 Å². The zero-order valence-corrected chi connectivity index (χ0v) is 15.3. The van der Waals surface area contributed by atoms with Gasteiger partial charge < -0.3 is 9.84 Å². The van der Waals surface area contributed by atoms with Crippen molar-refractivity contribution in [2.75, 3.05) is 6.61 Å². The normalized spacial score (nSPS) is 22.1. The lowest BCUT2D eigenvalue weighted by molar-refractivity contribution is -0.138. The first-order valence-corrected chi connectivity index (χ1v) is 8.68. The topological polar surface area (TPSA) is 59.4 Å². The Kier molecular flexibility index (Phi) is 4.38. The molecule has 0 aliphatic carbocycles. The highest BCUT2D eigenvalue weighted by Gasteiger charge is 2.46. The number of hydrogen-bond donors (Lipinski definition) is 1. The van der Waals surface area contributed by atoms with E-state index in [1.807, 2.05) is 36.4 Å². The second-order valence-corrected chi connectivity index (χ2v) is 8.05. The lowest BCUT2D eigenvalue weighted by atomic mass is 9.65. The summed E-state index contributed by atoms with van der Waals surface area (Å²) in [5, 5.41) is 9.67. The van der Waals surface area contributed by atoms with Crippen molar-refractivity contribution >= 4 is 21.9 Å². The average Bonchev–Trinajstić information content (AvgIpc) is 2.63. The van der Waals surface area contributed by atoms with Crippen LogP contribution in [0.4, 0.5) is 0 Å². The molecule has 0 fully saturated rings. The fourth-order valence-electron chi connectivity index (χ4n) is 3.62. The number of halogens is 1. The number of hydrogen-bond acceptors (Lipinski definition) is 3. The third-order valence-electron chi connectivity index (χ3n) is 4.46. The molecule has 0 bridgehead atoms. The summed E-state index contributed by atoms with van der Waals surface area (Å²) in [4.78, 5) is 16.3. The number of carbonyl (C=O) groups is 1. The van der Waals surface area contributed by atoms with Gasteiger partial charge in [-0.15, -0.1) is 0 Å². The zero-order chi connectivity index (χ0) is 17.4. The number of carboxylic acid groups (broad SMARTS) is 1. The van der Waals surface area contributed by atoms with E-state index in [2.05, 4.69) is 34.8 Å². The number of aromatic nitrogens is 1. The number of benzene rings is 1. The van der Waals surface area contributed by atoms with Crippen molar-refractivity contribution in [1.29, 1.82) is 0 Å². The summed E-state index contributed by atoms with van der Waals surface area (Å²) >= 11 is 3.51. The van der Waals surface area contributed by atoms with E-state index in [9.17, 15) is 9.90 Å². The molecule has 1 aromatic heterocycles. The van der Waals surface area contributed by atoms with Gasteiger partial charge in [-0.25, -0.2) is 0 Å². The zero-order valence-electron chi connectivity index (χ0n) is 13.8. The van der Waals surface area contributed by atoms with Gasteiger partial charge in [0.05, 0.1) is 24.1 Å². The Morgan fingerprint density at radius 1 is 1.33 bits per heavy atom. The molecule has 1 aliphatic rings. The maximum atomic E-state index is 11.8. The Bertz CT molecular complexity index is 760. The van der Waals surface area contributed by atoms with Crippen LogP contribution in [0.5, 0.6) is 5.75 Å². The molecule has 1 aliphatic heterocycles. The molecule has 2 aromatic rings. The molecule has 0 radical (unpaired) electrons. The summed E-state index contributed by atoms with van der Waals surface area (Å²) in [7, 11) is 0. The lowest BCUT2D eigenvalue weighted by Crippen LogP contribution is -2.36. The van der Waals surface area contributed by atoms with Gasteiger partial charge in [0.1, 0.15) is 5.75 Å². The van der Waals surface area contributed by atoms with E-state index in [0.29, 0.717) is 13.0 Å². The van der Waals surface area contributed by atoms with Gasteiger partial charge in [-0.3, -0.25) is 9.78 Å². The van der Waals surface area contributed by atoms with E-state index in [1.54, 1.807) is 6.20 Å². The molecule has 5 heteroatoms. The van der Waals surface area contributed by atoms with Crippen LogP contribution < -0.4 is 4.74 Å². The van der Waals surface area contributed by atoms with Gasteiger partial charge in [-0.2, -0.15) is 0 Å². The minimum Gasteiger partial charge on any atom is -0.493 e. The van der Waals surface area contributed by atoms with Crippen LogP contribution in [0.1, 0.15) is 37.9 Å². The van der Waals surface area contributed by atoms with E-state index in [-0.39, 0.29) is 11.8 Å². The van der Waals surface area contributed by atoms with Crippen molar-refractivity contribution in [3.63, 3.8) is 0 Å². The minimum absolute atomic E-state index is 0.0275. The number of nitrogens with zero attached hydrogens (tertiary/aromatic N) is 1. The first-order chi connectivity index (χ1) is 11.3. The summed E-state index contributed by atoms with van der Waals surface area (Å²) in [6, 6.07) is 11.4. The van der Waals surface area contributed by atoms with Crippen LogP contribution in [0.25, 0.3) is 0 Å². The lowest BCUT2D eigenvalue weighted by Gasteiger charge is -2.36. The Morgan fingerprint density at radius 3 is 2.79 bits per heavy atom. The molecule has 1 aromatic carbocycles. The predicted molar refractivity (Wildman–Crippen MR) is 95.3 cm³/mol. The van der Waals surface area contributed by atoms with Gasteiger partial charge in [0.2, 0.25) is 0 Å². The van der Waals surface area contributed by atoms with Crippen LogP contribution in [0, 0.1) is 5.41 Å². The van der Waals surface area contributed by atoms with Crippen LogP contribution in [0.15, 0.2) is 47.1 Å². The number of aliphatic carboxylic acids is 1. The van der Waals surface area contributed by atoms with Gasteiger partial charge in [0.25, 0.3) is 0 Å². The summed E-state index contributed by atoms with van der Waals surface area (Å²) in [5.74, 6) is -0.111. The molecule has 0 saturated heterocycles. The van der Waals surface area contributed by atoms with Gasteiger partial charge in [-0.05, 0) is 36.8 Å². The molecule has 24 heavy (non-hydrogen) atoms. The summed E-state index contributed by atoms with van der Waals surface area (Å²) in [5.41, 5.74) is 0.735. The van der Waals surface area contributed by atoms with Crippen LogP contribution in [0.2, 0.25) is 0 Å². The molecule has 1 unspecified atom stereocenters. The molecule has 1 atom stereocenters. The Balaban J connectivity index is 2.31. The van der Waals surface area contributed by atoms with Crippen molar-refractivity contribution in [2.45, 2.75) is 32.1 Å². The largest absolute Gasteiger partial charge is 0.493 e. The standard InChI is InChI=1S/C19H20BrNO3/c1-18(2)11-19(10-17(22)23,16-5-3-4-8-21-16)14-9-13(20)6-7-15(14)24-12-18/h3-9H,10-12H2,1-2H3,(H,22,23). The molecule has 0 spiro atoms. The van der Waals surface area contributed by atoms with Gasteiger partial charge in [-0.1, -0.05) is 35.8 Å². The Morgan fingerprint density at radius 2 is 2.12 bits per heavy atom. The van der Waals surface area contributed by atoms with Crippen molar-refractivity contribution in [3.05, 3.63) is 58.3 Å². The van der Waals surface area contributed by atoms with Crippen LogP contribution in [-0.2, 0) is 10.2 Å². The van der Waals surface area contributed by atoms with Crippen LogP contribution >= 0.6 is 15.9 Å². The fourth-order valence-corrected chi connectivity index (χ4v) is 3.98. The molecule has 0 saturated carbocycles. The smallest absolute Gasteiger partial charge is 0.304 e. The van der Waals surface area contributed by atoms with Crippen LogP contribution in [0.3, 0.4) is 0 Å².